The number of carbonyl (C=O) groups excluding carboxylic acids is 1. The van der Waals surface area contributed by atoms with E-state index in [1.807, 2.05) is 55.5 Å². The Morgan fingerprint density at radius 3 is 2.51 bits per heavy atom. The van der Waals surface area contributed by atoms with Gasteiger partial charge in [-0.15, -0.1) is 0 Å². The fourth-order valence-electron chi connectivity index (χ4n) is 4.91. The van der Waals surface area contributed by atoms with E-state index in [0.717, 1.165) is 40.6 Å². The summed E-state index contributed by atoms with van der Waals surface area (Å²) < 4.78 is 30.0. The number of hydrogen-bond acceptors (Lipinski definition) is 4. The molecule has 1 aromatic heterocycles. The highest BCUT2D eigenvalue weighted by Crippen LogP contribution is 2.26. The van der Waals surface area contributed by atoms with Crippen LogP contribution in [0.3, 0.4) is 0 Å². The molecule has 0 bridgehead atoms. The zero-order chi connectivity index (χ0) is 24.4. The van der Waals surface area contributed by atoms with Crippen molar-refractivity contribution in [1.29, 1.82) is 0 Å². The first kappa shape index (κ1) is 23.5. The number of aromatic nitrogens is 2. The topological polar surface area (TPSA) is 84.3 Å². The Morgan fingerprint density at radius 2 is 1.71 bits per heavy atom. The van der Waals surface area contributed by atoms with Crippen LogP contribution in [0.4, 0.5) is 0 Å². The molecule has 1 amide bonds. The summed E-state index contributed by atoms with van der Waals surface area (Å²) in [7, 11) is -3.58. The highest BCUT2D eigenvalue weighted by Gasteiger charge is 2.32. The Hall–Kier alpha value is -3.23. The van der Waals surface area contributed by atoms with Crippen LogP contribution in [0.25, 0.3) is 21.8 Å². The second-order valence-corrected chi connectivity index (χ2v) is 11.1. The molecule has 0 atom stereocenters. The minimum Gasteiger partial charge on any atom is -0.356 e. The van der Waals surface area contributed by atoms with Crippen molar-refractivity contribution < 1.29 is 13.2 Å². The number of rotatable bonds is 7. The summed E-state index contributed by atoms with van der Waals surface area (Å²) in [5.41, 5.74) is 2.09. The predicted octanol–water partition coefficient (Wildman–Crippen LogP) is 4.11. The lowest BCUT2D eigenvalue weighted by Crippen LogP contribution is -2.43. The first-order valence-corrected chi connectivity index (χ1v) is 13.6. The fraction of sp³-hybridized carbons (Fsp3) is 0.333. The van der Waals surface area contributed by atoms with Gasteiger partial charge in [0.1, 0.15) is 5.82 Å². The Balaban J connectivity index is 1.12. The molecule has 4 aromatic rings. The van der Waals surface area contributed by atoms with Crippen molar-refractivity contribution in [3.63, 3.8) is 0 Å². The summed E-state index contributed by atoms with van der Waals surface area (Å²) in [6, 6.07) is 21.0. The van der Waals surface area contributed by atoms with E-state index in [9.17, 15) is 13.2 Å². The van der Waals surface area contributed by atoms with Gasteiger partial charge in [-0.1, -0.05) is 42.5 Å². The summed E-state index contributed by atoms with van der Waals surface area (Å²) in [6.07, 6.45) is 1.87. The largest absolute Gasteiger partial charge is 0.356 e. The molecule has 35 heavy (non-hydrogen) atoms. The first-order chi connectivity index (χ1) is 16.9. The predicted molar refractivity (Wildman–Crippen MR) is 138 cm³/mol. The molecule has 3 aromatic carbocycles. The highest BCUT2D eigenvalue weighted by atomic mass is 32.2. The third kappa shape index (κ3) is 4.81. The zero-order valence-corrected chi connectivity index (χ0v) is 20.7. The molecule has 7 nitrogen and oxygen atoms in total. The second kappa shape index (κ2) is 9.79. The van der Waals surface area contributed by atoms with Crippen molar-refractivity contribution >= 4 is 37.7 Å². The van der Waals surface area contributed by atoms with Crippen LogP contribution >= 0.6 is 0 Å². The lowest BCUT2D eigenvalue weighted by molar-refractivity contribution is -0.126. The van der Waals surface area contributed by atoms with Gasteiger partial charge < -0.3 is 9.88 Å². The molecular weight excluding hydrogens is 460 g/mol. The van der Waals surface area contributed by atoms with Gasteiger partial charge in [0.25, 0.3) is 0 Å². The monoisotopic (exact) mass is 490 g/mol. The van der Waals surface area contributed by atoms with Gasteiger partial charge in [0.15, 0.2) is 0 Å². The Labute approximate surface area is 205 Å². The molecule has 0 saturated carbocycles. The van der Waals surface area contributed by atoms with Crippen LogP contribution in [-0.4, -0.2) is 47.8 Å². The maximum Gasteiger partial charge on any atom is 0.243 e. The normalized spacial score (nSPS) is 15.6. The number of fused-ring (bicyclic) bond motifs is 2. The van der Waals surface area contributed by atoms with Crippen LogP contribution in [0, 0.1) is 12.8 Å². The van der Waals surface area contributed by atoms with Gasteiger partial charge in [-0.25, -0.2) is 13.4 Å². The molecule has 1 fully saturated rings. The van der Waals surface area contributed by atoms with Crippen molar-refractivity contribution in [1.82, 2.24) is 19.2 Å². The number of nitrogens with one attached hydrogen (secondary N) is 1. The van der Waals surface area contributed by atoms with Gasteiger partial charge in [-0.3, -0.25) is 4.79 Å². The van der Waals surface area contributed by atoms with E-state index in [2.05, 4.69) is 20.9 Å². The van der Waals surface area contributed by atoms with Crippen LogP contribution in [0.1, 0.15) is 25.1 Å². The number of aryl methyl sites for hydroxylation is 2. The second-order valence-electron chi connectivity index (χ2n) is 9.13. The zero-order valence-electron chi connectivity index (χ0n) is 19.9. The van der Waals surface area contributed by atoms with E-state index < -0.39 is 10.0 Å². The molecule has 1 N–H and O–H groups in total. The quantitative estimate of drug-likeness (QED) is 0.395. The van der Waals surface area contributed by atoms with Gasteiger partial charge >= 0.3 is 0 Å². The Bertz CT molecular complexity index is 1470. The van der Waals surface area contributed by atoms with Crippen LogP contribution in [-0.2, 0) is 21.4 Å². The molecule has 0 spiro atoms. The highest BCUT2D eigenvalue weighted by molar-refractivity contribution is 7.89. The van der Waals surface area contributed by atoms with Gasteiger partial charge in [0.2, 0.25) is 15.9 Å². The molecule has 0 radical (unpaired) electrons. The third-order valence-corrected chi connectivity index (χ3v) is 8.78. The molecule has 1 saturated heterocycles. The van der Waals surface area contributed by atoms with Crippen molar-refractivity contribution in [2.75, 3.05) is 19.6 Å². The van der Waals surface area contributed by atoms with Gasteiger partial charge in [0.05, 0.1) is 15.9 Å². The summed E-state index contributed by atoms with van der Waals surface area (Å²) in [5.74, 6) is 0.825. The molecular formula is C27H30N4O3S. The summed E-state index contributed by atoms with van der Waals surface area (Å²) >= 11 is 0. The van der Waals surface area contributed by atoms with E-state index in [-0.39, 0.29) is 11.8 Å². The van der Waals surface area contributed by atoms with Gasteiger partial charge in [0, 0.05) is 32.1 Å². The van der Waals surface area contributed by atoms with E-state index in [0.29, 0.717) is 37.4 Å². The van der Waals surface area contributed by atoms with E-state index in [1.165, 1.54) is 4.31 Å². The maximum atomic E-state index is 13.2. The molecule has 0 aliphatic carbocycles. The lowest BCUT2D eigenvalue weighted by atomic mass is 9.97. The molecule has 0 unspecified atom stereocenters. The smallest absolute Gasteiger partial charge is 0.243 e. The number of piperidine rings is 1. The number of para-hydroxylation sites is 2. The Morgan fingerprint density at radius 1 is 1.00 bits per heavy atom. The van der Waals surface area contributed by atoms with E-state index >= 15 is 0 Å². The number of carbonyl (C=O) groups is 1. The van der Waals surface area contributed by atoms with Crippen LogP contribution in [0.2, 0.25) is 0 Å². The van der Waals surface area contributed by atoms with Crippen LogP contribution in [0.15, 0.2) is 71.6 Å². The van der Waals surface area contributed by atoms with Crippen LogP contribution < -0.4 is 5.32 Å². The van der Waals surface area contributed by atoms with Crippen molar-refractivity contribution in [2.24, 2.45) is 5.92 Å². The Kier molecular flexibility index (Phi) is 6.58. The third-order valence-electron chi connectivity index (χ3n) is 6.89. The van der Waals surface area contributed by atoms with E-state index in [4.69, 9.17) is 0 Å². The molecule has 182 valence electrons. The number of sulfonamides is 1. The van der Waals surface area contributed by atoms with Crippen molar-refractivity contribution in [3.8, 4) is 0 Å². The minimum atomic E-state index is -3.58. The number of hydrogen-bond donors (Lipinski definition) is 1. The number of imidazole rings is 1. The number of amides is 1. The number of nitrogens with zero attached hydrogens (tertiary/aromatic N) is 3. The van der Waals surface area contributed by atoms with E-state index in [1.54, 1.807) is 12.1 Å². The van der Waals surface area contributed by atoms with Gasteiger partial charge in [-0.05, 0) is 61.2 Å². The first-order valence-electron chi connectivity index (χ1n) is 12.1. The van der Waals surface area contributed by atoms with Crippen molar-refractivity contribution in [3.05, 3.63) is 72.6 Å². The minimum absolute atomic E-state index is 0.0139. The van der Waals surface area contributed by atoms with Gasteiger partial charge in [-0.2, -0.15) is 4.31 Å². The summed E-state index contributed by atoms with van der Waals surface area (Å²) in [6.45, 7) is 4.08. The molecule has 1 aliphatic heterocycles. The number of benzene rings is 3. The average Bonchev–Trinajstić information content (AvgIpc) is 3.21. The summed E-state index contributed by atoms with van der Waals surface area (Å²) in [4.78, 5) is 17.6. The fourth-order valence-corrected chi connectivity index (χ4v) is 6.41. The average molecular weight is 491 g/mol. The standard InChI is InChI=1S/C27H30N4O3S/c1-20-29-25-9-4-5-10-26(25)31(20)16-6-15-28-27(32)22-13-17-30(18-14-22)35(33,34)24-12-11-21-7-2-3-8-23(21)19-24/h2-5,7-12,19,22H,6,13-18H2,1H3,(H,28,32). The molecule has 1 aliphatic rings. The molecule has 2 heterocycles. The maximum absolute atomic E-state index is 13.2. The molecule has 5 rings (SSSR count). The van der Waals surface area contributed by atoms with Crippen molar-refractivity contribution in [2.45, 2.75) is 37.6 Å². The van der Waals surface area contributed by atoms with Crippen LogP contribution in [0.5, 0.6) is 0 Å². The molecule has 8 heteroatoms. The lowest BCUT2D eigenvalue weighted by Gasteiger charge is -2.30. The SMILES string of the molecule is Cc1nc2ccccc2n1CCCNC(=O)C1CCN(S(=O)(=O)c2ccc3ccccc3c2)CC1. The summed E-state index contributed by atoms with van der Waals surface area (Å²) in [5, 5.41) is 4.96.